The summed E-state index contributed by atoms with van der Waals surface area (Å²) in [5.74, 6) is 1.32. The van der Waals surface area contributed by atoms with Crippen LogP contribution < -0.4 is 10.3 Å². The first kappa shape index (κ1) is 15.3. The first-order valence-electron chi connectivity index (χ1n) is 7.27. The molecule has 0 amide bonds. The number of pyridine rings is 2. The number of hydrogen-bond acceptors (Lipinski definition) is 3. The van der Waals surface area contributed by atoms with Crippen LogP contribution in [0.15, 0.2) is 35.3 Å². The van der Waals surface area contributed by atoms with Crippen molar-refractivity contribution in [3.8, 4) is 5.88 Å². The number of aromatic nitrogens is 2. The van der Waals surface area contributed by atoms with Gasteiger partial charge in [0.1, 0.15) is 6.61 Å². The molecule has 0 aliphatic rings. The topological polar surface area (TPSA) is 55.0 Å². The Balaban J connectivity index is 2.13. The summed E-state index contributed by atoms with van der Waals surface area (Å²) < 4.78 is 5.69. The maximum absolute atomic E-state index is 11.6. The Kier molecular flexibility index (Phi) is 4.78. The SMILES string of the molecule is CC(C)c1ccnc(OCc2cc(C(C)C)cc(=O)[nH]2)c1. The summed E-state index contributed by atoms with van der Waals surface area (Å²) in [6, 6.07) is 7.53. The van der Waals surface area contributed by atoms with Crippen LogP contribution in [0.2, 0.25) is 0 Å². The molecule has 0 aliphatic heterocycles. The highest BCUT2D eigenvalue weighted by Crippen LogP contribution is 2.19. The molecule has 4 nitrogen and oxygen atoms in total. The van der Waals surface area contributed by atoms with Crippen LogP contribution in [0.5, 0.6) is 5.88 Å². The zero-order valence-electron chi connectivity index (χ0n) is 13.0. The number of ether oxygens (including phenoxy) is 1. The van der Waals surface area contributed by atoms with Gasteiger partial charge in [0.2, 0.25) is 11.4 Å². The second-order valence-electron chi connectivity index (χ2n) is 5.83. The van der Waals surface area contributed by atoms with Gasteiger partial charge in [0.05, 0.1) is 5.69 Å². The van der Waals surface area contributed by atoms with Crippen LogP contribution in [0.1, 0.15) is 56.4 Å². The third-order valence-corrected chi connectivity index (χ3v) is 3.39. The lowest BCUT2D eigenvalue weighted by molar-refractivity contribution is 0.288. The van der Waals surface area contributed by atoms with E-state index in [2.05, 4.69) is 37.7 Å². The van der Waals surface area contributed by atoms with Gasteiger partial charge < -0.3 is 9.72 Å². The molecule has 2 aromatic rings. The Morgan fingerprint density at radius 3 is 2.48 bits per heavy atom. The summed E-state index contributed by atoms with van der Waals surface area (Å²) >= 11 is 0. The summed E-state index contributed by atoms with van der Waals surface area (Å²) in [4.78, 5) is 18.6. The molecule has 0 atom stereocenters. The number of rotatable bonds is 5. The van der Waals surface area contributed by atoms with E-state index in [0.29, 0.717) is 24.3 Å². The minimum Gasteiger partial charge on any atom is -0.471 e. The Bertz CT molecular complexity index is 660. The van der Waals surface area contributed by atoms with E-state index >= 15 is 0 Å². The normalized spacial score (nSPS) is 11.1. The minimum atomic E-state index is -0.0938. The second-order valence-corrected chi connectivity index (χ2v) is 5.83. The fourth-order valence-corrected chi connectivity index (χ4v) is 2.05. The molecule has 0 fully saturated rings. The van der Waals surface area contributed by atoms with Crippen LogP contribution in [-0.4, -0.2) is 9.97 Å². The number of H-pyrrole nitrogens is 1. The lowest BCUT2D eigenvalue weighted by Gasteiger charge is -2.10. The highest BCUT2D eigenvalue weighted by Gasteiger charge is 2.06. The van der Waals surface area contributed by atoms with Crippen LogP contribution in [0.4, 0.5) is 0 Å². The molecule has 2 aromatic heterocycles. The quantitative estimate of drug-likeness (QED) is 0.913. The van der Waals surface area contributed by atoms with Crippen LogP contribution in [0.3, 0.4) is 0 Å². The summed E-state index contributed by atoms with van der Waals surface area (Å²) in [5, 5.41) is 0. The number of nitrogens with one attached hydrogen (secondary N) is 1. The van der Waals surface area contributed by atoms with Gasteiger partial charge in [-0.3, -0.25) is 4.79 Å². The van der Waals surface area contributed by atoms with Gasteiger partial charge in [0.15, 0.2) is 0 Å². The average Bonchev–Trinajstić information content (AvgIpc) is 2.45. The molecule has 0 saturated carbocycles. The van der Waals surface area contributed by atoms with E-state index in [9.17, 15) is 4.79 Å². The first-order valence-corrected chi connectivity index (χ1v) is 7.27. The summed E-state index contributed by atoms with van der Waals surface area (Å²) in [6.07, 6.45) is 1.75. The standard InChI is InChI=1S/C17H22N2O2/c1-11(2)13-5-6-18-17(9-13)21-10-15-7-14(12(3)4)8-16(20)19-15/h5-9,11-12H,10H2,1-4H3,(H,19,20). The number of nitrogens with zero attached hydrogens (tertiary/aromatic N) is 1. The molecular formula is C17H22N2O2. The zero-order chi connectivity index (χ0) is 15.4. The number of aromatic amines is 1. The van der Waals surface area contributed by atoms with Gasteiger partial charge in [-0.05, 0) is 35.1 Å². The van der Waals surface area contributed by atoms with E-state index < -0.39 is 0 Å². The highest BCUT2D eigenvalue weighted by molar-refractivity contribution is 5.24. The third-order valence-electron chi connectivity index (χ3n) is 3.39. The molecule has 2 heterocycles. The maximum Gasteiger partial charge on any atom is 0.248 e. The highest BCUT2D eigenvalue weighted by atomic mass is 16.5. The predicted molar refractivity (Wildman–Crippen MR) is 83.8 cm³/mol. The third kappa shape index (κ3) is 4.18. The molecule has 1 N–H and O–H groups in total. The van der Waals surface area contributed by atoms with E-state index in [4.69, 9.17) is 4.74 Å². The fourth-order valence-electron chi connectivity index (χ4n) is 2.05. The largest absolute Gasteiger partial charge is 0.471 e. The first-order chi connectivity index (χ1) is 9.95. The molecule has 0 unspecified atom stereocenters. The minimum absolute atomic E-state index is 0.0938. The second kappa shape index (κ2) is 6.57. The Morgan fingerprint density at radius 2 is 1.81 bits per heavy atom. The fraction of sp³-hybridized carbons (Fsp3) is 0.412. The van der Waals surface area contributed by atoms with Crippen LogP contribution in [0.25, 0.3) is 0 Å². The van der Waals surface area contributed by atoms with Crippen molar-refractivity contribution in [3.05, 3.63) is 57.6 Å². The Morgan fingerprint density at radius 1 is 1.10 bits per heavy atom. The van der Waals surface area contributed by atoms with Gasteiger partial charge in [0.25, 0.3) is 0 Å². The zero-order valence-corrected chi connectivity index (χ0v) is 13.0. The molecule has 0 saturated heterocycles. The summed E-state index contributed by atoms with van der Waals surface area (Å²) in [5.41, 5.74) is 2.87. The predicted octanol–water partition coefficient (Wildman–Crippen LogP) is 3.60. The van der Waals surface area contributed by atoms with Gasteiger partial charge in [-0.15, -0.1) is 0 Å². The molecule has 4 heteroatoms. The van der Waals surface area contributed by atoms with Crippen molar-refractivity contribution in [2.75, 3.05) is 0 Å². The lowest BCUT2D eigenvalue weighted by Crippen LogP contribution is -2.12. The summed E-state index contributed by atoms with van der Waals surface area (Å²) in [7, 11) is 0. The molecule has 2 rings (SSSR count). The molecular weight excluding hydrogens is 264 g/mol. The van der Waals surface area contributed by atoms with Gasteiger partial charge in [-0.1, -0.05) is 27.7 Å². The van der Waals surface area contributed by atoms with Gasteiger partial charge in [0, 0.05) is 18.3 Å². The molecule has 0 radical (unpaired) electrons. The number of hydrogen-bond donors (Lipinski definition) is 1. The van der Waals surface area contributed by atoms with Gasteiger partial charge in [-0.25, -0.2) is 4.98 Å². The van der Waals surface area contributed by atoms with Crippen LogP contribution >= 0.6 is 0 Å². The Labute approximate surface area is 125 Å². The maximum atomic E-state index is 11.6. The van der Waals surface area contributed by atoms with Crippen molar-refractivity contribution >= 4 is 0 Å². The van der Waals surface area contributed by atoms with Gasteiger partial charge in [-0.2, -0.15) is 0 Å². The lowest BCUT2D eigenvalue weighted by atomic mass is 10.0. The molecule has 0 aliphatic carbocycles. The van der Waals surface area contributed by atoms with Crippen molar-refractivity contribution in [3.63, 3.8) is 0 Å². The Hall–Kier alpha value is -2.10. The smallest absolute Gasteiger partial charge is 0.248 e. The van der Waals surface area contributed by atoms with Crippen molar-refractivity contribution in [2.24, 2.45) is 0 Å². The van der Waals surface area contributed by atoms with E-state index in [1.165, 1.54) is 5.56 Å². The monoisotopic (exact) mass is 286 g/mol. The van der Waals surface area contributed by atoms with Gasteiger partial charge >= 0.3 is 0 Å². The van der Waals surface area contributed by atoms with Crippen LogP contribution in [0, 0.1) is 0 Å². The van der Waals surface area contributed by atoms with Crippen molar-refractivity contribution in [1.82, 2.24) is 9.97 Å². The van der Waals surface area contributed by atoms with Crippen molar-refractivity contribution in [2.45, 2.75) is 46.1 Å². The van der Waals surface area contributed by atoms with E-state index in [1.54, 1.807) is 12.3 Å². The molecule has 0 bridgehead atoms. The van der Waals surface area contributed by atoms with E-state index in [1.807, 2.05) is 18.2 Å². The summed E-state index contributed by atoms with van der Waals surface area (Å²) in [6.45, 7) is 8.69. The molecule has 112 valence electrons. The van der Waals surface area contributed by atoms with Crippen molar-refractivity contribution < 1.29 is 4.74 Å². The van der Waals surface area contributed by atoms with Crippen LogP contribution in [-0.2, 0) is 6.61 Å². The van der Waals surface area contributed by atoms with Crippen molar-refractivity contribution in [1.29, 1.82) is 0 Å². The van der Waals surface area contributed by atoms with E-state index in [0.717, 1.165) is 11.3 Å². The molecule has 0 aromatic carbocycles. The molecule has 21 heavy (non-hydrogen) atoms. The molecule has 0 spiro atoms. The average molecular weight is 286 g/mol. The van der Waals surface area contributed by atoms with E-state index in [-0.39, 0.29) is 5.56 Å².